The standard InChI is InChI=1S/C25H26N2O8S/c1-3-26(17-10-11-36(32,33)15-17)22(28)14-35-25(31)20-12-16(8-9-21(20)34-2)13-27-23(29)18-6-4-5-7-19(18)24(27)30/h4-9,12,17H,3,10-11,13-15H2,1-2H3/t17-/m1/s1. The van der Waals surface area contributed by atoms with Crippen LogP contribution in [0.4, 0.5) is 0 Å². The van der Waals surface area contributed by atoms with Crippen LogP contribution in [0.2, 0.25) is 0 Å². The Morgan fingerprint density at radius 3 is 2.31 bits per heavy atom. The van der Waals surface area contributed by atoms with E-state index in [1.54, 1.807) is 37.3 Å². The molecule has 0 aliphatic carbocycles. The predicted molar refractivity (Wildman–Crippen MR) is 128 cm³/mol. The summed E-state index contributed by atoms with van der Waals surface area (Å²) >= 11 is 0. The first-order valence-electron chi connectivity index (χ1n) is 11.4. The number of nitrogens with zero attached hydrogens (tertiary/aromatic N) is 2. The quantitative estimate of drug-likeness (QED) is 0.385. The van der Waals surface area contributed by atoms with E-state index in [1.807, 2.05) is 0 Å². The van der Waals surface area contributed by atoms with Gasteiger partial charge in [0.05, 0.1) is 36.3 Å². The van der Waals surface area contributed by atoms with E-state index in [1.165, 1.54) is 24.1 Å². The highest BCUT2D eigenvalue weighted by Gasteiger charge is 2.36. The fourth-order valence-electron chi connectivity index (χ4n) is 4.53. The number of sulfone groups is 1. The van der Waals surface area contributed by atoms with Crippen LogP contribution in [0.1, 0.15) is 50.0 Å². The molecule has 1 fully saturated rings. The van der Waals surface area contributed by atoms with Gasteiger partial charge in [0.15, 0.2) is 16.4 Å². The molecule has 2 aromatic rings. The topological polar surface area (TPSA) is 127 Å². The molecule has 0 unspecified atom stereocenters. The molecule has 4 rings (SSSR count). The van der Waals surface area contributed by atoms with Crippen molar-refractivity contribution in [3.05, 3.63) is 64.7 Å². The summed E-state index contributed by atoms with van der Waals surface area (Å²) in [5.74, 6) is -2.03. The summed E-state index contributed by atoms with van der Waals surface area (Å²) in [4.78, 5) is 53.4. The lowest BCUT2D eigenvalue weighted by molar-refractivity contribution is -0.136. The third-order valence-electron chi connectivity index (χ3n) is 6.34. The number of hydrogen-bond donors (Lipinski definition) is 0. The Kier molecular flexibility index (Phi) is 7.11. The Morgan fingerprint density at radius 2 is 1.75 bits per heavy atom. The lowest BCUT2D eigenvalue weighted by Gasteiger charge is -2.26. The van der Waals surface area contributed by atoms with E-state index in [0.29, 0.717) is 23.1 Å². The van der Waals surface area contributed by atoms with Crippen LogP contribution in [-0.4, -0.2) is 79.7 Å². The van der Waals surface area contributed by atoms with E-state index < -0.39 is 46.2 Å². The van der Waals surface area contributed by atoms with Gasteiger partial charge in [0.25, 0.3) is 17.7 Å². The number of imide groups is 1. The number of ether oxygens (including phenoxy) is 2. The number of carbonyl (C=O) groups is 4. The SMILES string of the molecule is CCN(C(=O)COC(=O)c1cc(CN2C(=O)c3ccccc3C2=O)ccc1OC)[C@@H]1CCS(=O)(=O)C1. The molecule has 1 saturated heterocycles. The minimum Gasteiger partial charge on any atom is -0.496 e. The maximum absolute atomic E-state index is 12.8. The lowest BCUT2D eigenvalue weighted by atomic mass is 10.1. The monoisotopic (exact) mass is 514 g/mol. The number of carbonyl (C=O) groups excluding carboxylic acids is 4. The van der Waals surface area contributed by atoms with Crippen molar-refractivity contribution in [2.24, 2.45) is 0 Å². The van der Waals surface area contributed by atoms with E-state index in [-0.39, 0.29) is 35.9 Å². The van der Waals surface area contributed by atoms with E-state index in [9.17, 15) is 27.6 Å². The van der Waals surface area contributed by atoms with Gasteiger partial charge in [-0.25, -0.2) is 13.2 Å². The van der Waals surface area contributed by atoms with Crippen LogP contribution in [0.3, 0.4) is 0 Å². The second-order valence-electron chi connectivity index (χ2n) is 8.59. The molecule has 3 amide bonds. The van der Waals surface area contributed by atoms with Gasteiger partial charge in [-0.05, 0) is 43.2 Å². The second kappa shape index (κ2) is 10.1. The Bertz CT molecular complexity index is 1300. The summed E-state index contributed by atoms with van der Waals surface area (Å²) in [6.07, 6.45) is 0.351. The minimum atomic E-state index is -3.18. The summed E-state index contributed by atoms with van der Waals surface area (Å²) in [6, 6.07) is 10.7. The van der Waals surface area contributed by atoms with Crippen molar-refractivity contribution in [1.29, 1.82) is 0 Å². The van der Waals surface area contributed by atoms with Crippen molar-refractivity contribution in [1.82, 2.24) is 9.80 Å². The van der Waals surface area contributed by atoms with E-state index in [4.69, 9.17) is 9.47 Å². The van der Waals surface area contributed by atoms with Crippen LogP contribution in [0.15, 0.2) is 42.5 Å². The molecular formula is C25H26N2O8S. The molecule has 1 atom stereocenters. The van der Waals surface area contributed by atoms with Crippen LogP contribution >= 0.6 is 0 Å². The molecule has 36 heavy (non-hydrogen) atoms. The normalized spacial score (nSPS) is 18.2. The third-order valence-corrected chi connectivity index (χ3v) is 8.09. The number of likely N-dealkylation sites (N-methyl/N-ethyl adjacent to an activating group) is 1. The van der Waals surface area contributed by atoms with Crippen molar-refractivity contribution in [2.45, 2.75) is 25.9 Å². The van der Waals surface area contributed by atoms with Crippen molar-refractivity contribution in [2.75, 3.05) is 31.8 Å². The summed E-state index contributed by atoms with van der Waals surface area (Å²) in [5, 5.41) is 0. The average Bonchev–Trinajstić information content (AvgIpc) is 3.34. The minimum absolute atomic E-state index is 0.0261. The summed E-state index contributed by atoms with van der Waals surface area (Å²) in [5.41, 5.74) is 1.18. The molecule has 0 N–H and O–H groups in total. The largest absolute Gasteiger partial charge is 0.496 e. The highest BCUT2D eigenvalue weighted by Crippen LogP contribution is 2.27. The van der Waals surface area contributed by atoms with Crippen LogP contribution in [-0.2, 0) is 25.9 Å². The molecule has 10 nitrogen and oxygen atoms in total. The van der Waals surface area contributed by atoms with Crippen molar-refractivity contribution < 1.29 is 37.1 Å². The van der Waals surface area contributed by atoms with Gasteiger partial charge in [0.2, 0.25) is 0 Å². The molecule has 2 heterocycles. The zero-order valence-corrected chi connectivity index (χ0v) is 20.7. The van der Waals surface area contributed by atoms with E-state index in [2.05, 4.69) is 0 Å². The van der Waals surface area contributed by atoms with Crippen molar-refractivity contribution in [3.63, 3.8) is 0 Å². The fraction of sp³-hybridized carbons (Fsp3) is 0.360. The second-order valence-corrected chi connectivity index (χ2v) is 10.8. The number of esters is 1. The average molecular weight is 515 g/mol. The molecule has 2 aliphatic rings. The van der Waals surface area contributed by atoms with Crippen LogP contribution in [0.5, 0.6) is 5.75 Å². The molecule has 0 spiro atoms. The smallest absolute Gasteiger partial charge is 0.342 e. The van der Waals surface area contributed by atoms with Crippen LogP contribution < -0.4 is 4.74 Å². The first kappa shape index (κ1) is 25.4. The molecule has 190 valence electrons. The molecule has 0 aromatic heterocycles. The predicted octanol–water partition coefficient (Wildman–Crippen LogP) is 1.68. The molecule has 0 bridgehead atoms. The van der Waals surface area contributed by atoms with Gasteiger partial charge in [0, 0.05) is 12.6 Å². The van der Waals surface area contributed by atoms with Gasteiger partial charge in [-0.3, -0.25) is 19.3 Å². The molecule has 2 aromatic carbocycles. The van der Waals surface area contributed by atoms with Crippen molar-refractivity contribution in [3.8, 4) is 5.75 Å². The van der Waals surface area contributed by atoms with Crippen LogP contribution in [0.25, 0.3) is 0 Å². The number of fused-ring (bicyclic) bond motifs is 1. The molecule has 11 heteroatoms. The van der Waals surface area contributed by atoms with Gasteiger partial charge in [-0.2, -0.15) is 0 Å². The number of amides is 3. The Labute approximate surface area is 208 Å². The Morgan fingerprint density at radius 1 is 1.08 bits per heavy atom. The summed E-state index contributed by atoms with van der Waals surface area (Å²) in [6.45, 7) is 1.40. The Hall–Kier alpha value is -3.73. The van der Waals surface area contributed by atoms with Crippen LogP contribution in [0, 0.1) is 0 Å². The summed E-state index contributed by atoms with van der Waals surface area (Å²) < 4.78 is 34.1. The molecule has 2 aliphatic heterocycles. The molecule has 0 radical (unpaired) electrons. The van der Waals surface area contributed by atoms with Crippen molar-refractivity contribution >= 4 is 33.5 Å². The zero-order chi connectivity index (χ0) is 26.0. The number of hydrogen-bond acceptors (Lipinski definition) is 8. The maximum atomic E-state index is 12.8. The first-order chi connectivity index (χ1) is 17.1. The number of rotatable bonds is 8. The Balaban J connectivity index is 1.45. The number of methoxy groups -OCH3 is 1. The zero-order valence-electron chi connectivity index (χ0n) is 19.9. The molecular weight excluding hydrogens is 488 g/mol. The van der Waals surface area contributed by atoms with E-state index in [0.717, 1.165) is 4.90 Å². The van der Waals surface area contributed by atoms with Gasteiger partial charge < -0.3 is 14.4 Å². The highest BCUT2D eigenvalue weighted by atomic mass is 32.2. The fourth-order valence-corrected chi connectivity index (χ4v) is 6.26. The third kappa shape index (κ3) is 4.97. The van der Waals surface area contributed by atoms with E-state index >= 15 is 0 Å². The lowest BCUT2D eigenvalue weighted by Crippen LogP contribution is -2.43. The highest BCUT2D eigenvalue weighted by molar-refractivity contribution is 7.91. The van der Waals surface area contributed by atoms with Gasteiger partial charge >= 0.3 is 5.97 Å². The summed E-state index contributed by atoms with van der Waals surface area (Å²) in [7, 11) is -1.80. The van der Waals surface area contributed by atoms with Gasteiger partial charge in [0.1, 0.15) is 11.3 Å². The molecule has 0 saturated carbocycles. The van der Waals surface area contributed by atoms with Gasteiger partial charge in [-0.1, -0.05) is 18.2 Å². The first-order valence-corrected chi connectivity index (χ1v) is 13.3. The maximum Gasteiger partial charge on any atom is 0.342 e. The number of benzene rings is 2. The van der Waals surface area contributed by atoms with Gasteiger partial charge in [-0.15, -0.1) is 0 Å².